The number of rotatable bonds is 9. The Morgan fingerprint density at radius 1 is 1.22 bits per heavy atom. The number of nitrogens with zero attached hydrogens (tertiary/aromatic N) is 5. The van der Waals surface area contributed by atoms with Crippen LogP contribution in [0.15, 0.2) is 52.9 Å². The third kappa shape index (κ3) is 4.76. The highest BCUT2D eigenvalue weighted by Crippen LogP contribution is 2.27. The summed E-state index contributed by atoms with van der Waals surface area (Å²) >= 11 is 1.57. The number of carboxylic acid groups (broad SMARTS) is 1. The van der Waals surface area contributed by atoms with Crippen LogP contribution in [-0.4, -0.2) is 47.1 Å². The van der Waals surface area contributed by atoms with Crippen molar-refractivity contribution in [1.29, 1.82) is 0 Å². The van der Waals surface area contributed by atoms with E-state index in [1.807, 2.05) is 24.7 Å². The van der Waals surface area contributed by atoms with E-state index in [0.29, 0.717) is 23.7 Å². The van der Waals surface area contributed by atoms with Crippen LogP contribution >= 0.6 is 11.3 Å². The number of thiophene rings is 1. The van der Waals surface area contributed by atoms with Crippen LogP contribution in [0.2, 0.25) is 0 Å². The molecule has 9 nitrogen and oxygen atoms in total. The van der Waals surface area contributed by atoms with Crippen LogP contribution < -0.4 is 5.56 Å². The van der Waals surface area contributed by atoms with Gasteiger partial charge in [-0.3, -0.25) is 14.3 Å². The Morgan fingerprint density at radius 2 is 2.03 bits per heavy atom. The number of aliphatic carboxylic acids is 1. The highest BCUT2D eigenvalue weighted by molar-refractivity contribution is 7.10. The maximum Gasteiger partial charge on any atom is 0.309 e. The molecule has 3 aromatic heterocycles. The second-order valence-corrected chi connectivity index (χ2v) is 8.67. The molecule has 0 fully saturated rings. The Labute approximate surface area is 187 Å². The van der Waals surface area contributed by atoms with Crippen molar-refractivity contribution in [2.75, 3.05) is 0 Å². The van der Waals surface area contributed by atoms with E-state index in [1.54, 1.807) is 46.5 Å². The first-order valence-corrected chi connectivity index (χ1v) is 11.1. The molecule has 166 valence electrons. The number of fused-ring (bicyclic) bond motifs is 1. The van der Waals surface area contributed by atoms with Gasteiger partial charge in [-0.05, 0) is 48.4 Å². The molecular formula is C22H23N5O4S. The Morgan fingerprint density at radius 3 is 2.78 bits per heavy atom. The summed E-state index contributed by atoms with van der Waals surface area (Å²) in [5.41, 5.74) is 2.23. The Bertz CT molecular complexity index is 1290. The zero-order chi connectivity index (χ0) is 22.7. The summed E-state index contributed by atoms with van der Waals surface area (Å²) in [6.07, 6.45) is 3.63. The molecule has 4 aromatic rings. The smallest absolute Gasteiger partial charge is 0.309 e. The highest BCUT2D eigenvalue weighted by atomic mass is 32.1. The lowest BCUT2D eigenvalue weighted by Crippen LogP contribution is -2.32. The minimum atomic E-state index is -1.10. The van der Waals surface area contributed by atoms with Crippen molar-refractivity contribution in [3.05, 3.63) is 63.3 Å². The molecule has 0 saturated heterocycles. The molecule has 0 aliphatic rings. The average Bonchev–Trinajstić information content (AvgIpc) is 3.42. The van der Waals surface area contributed by atoms with Crippen LogP contribution in [0, 0.1) is 5.92 Å². The first kappa shape index (κ1) is 21.8. The summed E-state index contributed by atoms with van der Waals surface area (Å²) in [5, 5.41) is 34.7. The van der Waals surface area contributed by atoms with Crippen LogP contribution in [0.4, 0.5) is 0 Å². The summed E-state index contributed by atoms with van der Waals surface area (Å²) < 4.78 is 2.89. The maximum atomic E-state index is 12.6. The lowest BCUT2D eigenvalue weighted by Gasteiger charge is -2.19. The van der Waals surface area contributed by atoms with Gasteiger partial charge in [0.15, 0.2) is 0 Å². The molecule has 1 aromatic carbocycles. The minimum absolute atomic E-state index is 0.0643. The van der Waals surface area contributed by atoms with Gasteiger partial charge in [0.2, 0.25) is 0 Å². The number of aliphatic hydroxyl groups excluding tert-OH is 1. The van der Waals surface area contributed by atoms with E-state index in [2.05, 4.69) is 15.4 Å². The lowest BCUT2D eigenvalue weighted by atomic mass is 9.94. The number of aryl methyl sites for hydroxylation is 3. The second-order valence-electron chi connectivity index (χ2n) is 7.68. The van der Waals surface area contributed by atoms with Gasteiger partial charge in [-0.1, -0.05) is 17.3 Å². The zero-order valence-corrected chi connectivity index (χ0v) is 18.3. The van der Waals surface area contributed by atoms with E-state index in [1.165, 1.54) is 0 Å². The van der Waals surface area contributed by atoms with Gasteiger partial charge in [0, 0.05) is 30.2 Å². The van der Waals surface area contributed by atoms with E-state index >= 15 is 0 Å². The van der Waals surface area contributed by atoms with Gasteiger partial charge in [-0.2, -0.15) is 5.10 Å². The Hall–Kier alpha value is -3.37. The average molecular weight is 454 g/mol. The predicted octanol–water partition coefficient (Wildman–Crippen LogP) is 2.34. The van der Waals surface area contributed by atoms with E-state index in [-0.39, 0.29) is 18.5 Å². The highest BCUT2D eigenvalue weighted by Gasteiger charge is 2.26. The monoisotopic (exact) mass is 453 g/mol. The van der Waals surface area contributed by atoms with Gasteiger partial charge < -0.3 is 10.2 Å². The van der Waals surface area contributed by atoms with Crippen molar-refractivity contribution >= 4 is 28.2 Å². The van der Waals surface area contributed by atoms with Crippen LogP contribution in [0.3, 0.4) is 0 Å². The quantitative estimate of drug-likeness (QED) is 0.399. The number of benzene rings is 1. The molecule has 10 heteroatoms. The molecule has 2 N–H and O–H groups in total. The second kappa shape index (κ2) is 9.41. The standard InChI is InChI=1S/C22H23N5O4S/c1-26-12-15(11-23-26)14-10-16(32-13-14)6-7-20(28)18(22(30)31)8-9-27-21(29)17-4-2-3-5-19(17)24-25-27/h2-5,10-13,18,20,28H,6-9H2,1H3,(H,30,31)/t18-,20+/m0/s1. The van der Waals surface area contributed by atoms with Crippen molar-refractivity contribution < 1.29 is 15.0 Å². The van der Waals surface area contributed by atoms with E-state index in [9.17, 15) is 19.8 Å². The minimum Gasteiger partial charge on any atom is -0.481 e. The zero-order valence-electron chi connectivity index (χ0n) is 17.5. The van der Waals surface area contributed by atoms with Crippen LogP contribution in [0.25, 0.3) is 22.0 Å². The Kier molecular flexibility index (Phi) is 6.42. The number of aromatic nitrogens is 5. The summed E-state index contributed by atoms with van der Waals surface area (Å²) in [5.74, 6) is -2.10. The molecule has 0 radical (unpaired) electrons. The summed E-state index contributed by atoms with van der Waals surface area (Å²) in [6.45, 7) is 0.0643. The fraction of sp³-hybridized carbons (Fsp3) is 0.318. The number of aliphatic hydroxyl groups is 1. The molecular weight excluding hydrogens is 430 g/mol. The van der Waals surface area contributed by atoms with Gasteiger partial charge in [-0.25, -0.2) is 4.68 Å². The fourth-order valence-corrected chi connectivity index (χ4v) is 4.55. The first-order chi connectivity index (χ1) is 15.4. The van der Waals surface area contributed by atoms with Crippen LogP contribution in [0.5, 0.6) is 0 Å². The summed E-state index contributed by atoms with van der Waals surface area (Å²) in [6, 6.07) is 8.90. The molecule has 4 rings (SSSR count). The molecule has 0 aliphatic carbocycles. The largest absolute Gasteiger partial charge is 0.481 e. The fourth-order valence-electron chi connectivity index (χ4n) is 3.64. The summed E-state index contributed by atoms with van der Waals surface area (Å²) in [7, 11) is 1.86. The number of carboxylic acids is 1. The van der Waals surface area contributed by atoms with Crippen molar-refractivity contribution in [1.82, 2.24) is 24.8 Å². The predicted molar refractivity (Wildman–Crippen MR) is 120 cm³/mol. The van der Waals surface area contributed by atoms with Crippen LogP contribution in [0.1, 0.15) is 17.7 Å². The lowest BCUT2D eigenvalue weighted by molar-refractivity contribution is -0.146. The topological polar surface area (TPSA) is 123 Å². The molecule has 0 saturated carbocycles. The van der Waals surface area contributed by atoms with Crippen molar-refractivity contribution in [3.8, 4) is 11.1 Å². The third-order valence-corrected chi connectivity index (χ3v) is 6.44. The SMILES string of the molecule is Cn1cc(-c2csc(CC[C@@H](O)[C@H](CCn3nnc4ccccc4c3=O)C(=O)O)c2)cn1. The van der Waals surface area contributed by atoms with Crippen molar-refractivity contribution in [2.24, 2.45) is 13.0 Å². The molecule has 3 heterocycles. The van der Waals surface area contributed by atoms with Gasteiger partial charge in [-0.15, -0.1) is 16.4 Å². The molecule has 0 spiro atoms. The van der Waals surface area contributed by atoms with Crippen LogP contribution in [-0.2, 0) is 24.8 Å². The molecule has 0 amide bonds. The number of hydrogen-bond donors (Lipinski definition) is 2. The molecule has 2 atom stereocenters. The van der Waals surface area contributed by atoms with E-state index < -0.39 is 18.0 Å². The van der Waals surface area contributed by atoms with E-state index in [4.69, 9.17) is 0 Å². The molecule has 32 heavy (non-hydrogen) atoms. The molecule has 0 bridgehead atoms. The molecule has 0 aliphatic heterocycles. The number of carbonyl (C=O) groups is 1. The molecule has 0 unspecified atom stereocenters. The van der Waals surface area contributed by atoms with Gasteiger partial charge in [0.1, 0.15) is 5.52 Å². The number of hydrogen-bond acceptors (Lipinski definition) is 7. The van der Waals surface area contributed by atoms with Gasteiger partial charge >= 0.3 is 5.97 Å². The van der Waals surface area contributed by atoms with Crippen molar-refractivity contribution in [3.63, 3.8) is 0 Å². The maximum absolute atomic E-state index is 12.6. The first-order valence-electron chi connectivity index (χ1n) is 10.2. The van der Waals surface area contributed by atoms with Gasteiger partial charge in [0.25, 0.3) is 5.56 Å². The normalized spacial score (nSPS) is 13.3. The Balaban J connectivity index is 1.39. The van der Waals surface area contributed by atoms with E-state index in [0.717, 1.165) is 20.7 Å². The summed E-state index contributed by atoms with van der Waals surface area (Å²) in [4.78, 5) is 25.4. The van der Waals surface area contributed by atoms with Crippen molar-refractivity contribution in [2.45, 2.75) is 31.9 Å². The third-order valence-electron chi connectivity index (χ3n) is 5.44. The van der Waals surface area contributed by atoms with Gasteiger partial charge in [0.05, 0.1) is 23.6 Å².